The monoisotopic (exact) mass is 464 g/mol. The summed E-state index contributed by atoms with van der Waals surface area (Å²) in [7, 11) is 0. The molecule has 1 aliphatic heterocycles. The molecule has 7 nitrogen and oxygen atoms in total. The summed E-state index contributed by atoms with van der Waals surface area (Å²) in [6.45, 7) is 5.66. The number of carbonyl (C=O) groups excluding carboxylic acids is 1. The van der Waals surface area contributed by atoms with Crippen LogP contribution in [0.1, 0.15) is 44.4 Å². The second-order valence-electron chi connectivity index (χ2n) is 9.12. The molecule has 1 heterocycles. The Morgan fingerprint density at radius 2 is 1.91 bits per heavy atom. The molecule has 0 spiro atoms. The van der Waals surface area contributed by atoms with E-state index in [0.717, 1.165) is 23.8 Å². The van der Waals surface area contributed by atoms with E-state index in [4.69, 9.17) is 9.47 Å². The predicted octanol–water partition coefficient (Wildman–Crippen LogP) is 3.58. The van der Waals surface area contributed by atoms with Gasteiger partial charge >= 0.3 is 6.09 Å². The van der Waals surface area contributed by atoms with Gasteiger partial charge in [0.1, 0.15) is 28.7 Å². The summed E-state index contributed by atoms with van der Waals surface area (Å²) < 4.78 is 38.2. The van der Waals surface area contributed by atoms with E-state index in [1.807, 2.05) is 0 Å². The Kier molecular flexibility index (Phi) is 7.76. The second kappa shape index (κ2) is 10.4. The smallest absolute Gasteiger partial charge is 0.407 e. The molecule has 3 rings (SSSR count). The van der Waals surface area contributed by atoms with Crippen molar-refractivity contribution < 1.29 is 33.3 Å². The summed E-state index contributed by atoms with van der Waals surface area (Å²) in [5.41, 5.74) is 0.294. The summed E-state index contributed by atoms with van der Waals surface area (Å²) >= 11 is 0. The SMILES string of the molecule is CC(C)(C)OC(=O)N[C@@H](Cc1cc(F)cc(F)c1)[C@H](O)CN[C@H]1CCOc2ccc(O)cc21. The maximum atomic E-state index is 13.7. The van der Waals surface area contributed by atoms with Crippen molar-refractivity contribution in [3.8, 4) is 11.5 Å². The molecule has 1 aliphatic rings. The minimum absolute atomic E-state index is 0.0120. The predicted molar refractivity (Wildman–Crippen MR) is 118 cm³/mol. The number of fused-ring (bicyclic) bond motifs is 1. The highest BCUT2D eigenvalue weighted by molar-refractivity contribution is 5.68. The van der Waals surface area contributed by atoms with Crippen molar-refractivity contribution in [1.29, 1.82) is 0 Å². The molecule has 33 heavy (non-hydrogen) atoms. The van der Waals surface area contributed by atoms with Crippen LogP contribution in [-0.4, -0.2) is 47.2 Å². The van der Waals surface area contributed by atoms with Crippen LogP contribution >= 0.6 is 0 Å². The molecule has 0 saturated carbocycles. The lowest BCUT2D eigenvalue weighted by Gasteiger charge is -2.30. The lowest BCUT2D eigenvalue weighted by molar-refractivity contribution is 0.0418. The Balaban J connectivity index is 1.72. The minimum atomic E-state index is -1.10. The maximum absolute atomic E-state index is 13.7. The number of aliphatic hydroxyl groups excluding tert-OH is 1. The van der Waals surface area contributed by atoms with Gasteiger partial charge in [-0.15, -0.1) is 0 Å². The minimum Gasteiger partial charge on any atom is -0.508 e. The van der Waals surface area contributed by atoms with Gasteiger partial charge in [0.25, 0.3) is 0 Å². The summed E-state index contributed by atoms with van der Waals surface area (Å²) in [6.07, 6.45) is -1.25. The van der Waals surface area contributed by atoms with Crippen molar-refractivity contribution >= 4 is 6.09 Å². The maximum Gasteiger partial charge on any atom is 0.407 e. The number of aromatic hydroxyl groups is 1. The molecule has 0 saturated heterocycles. The van der Waals surface area contributed by atoms with E-state index in [0.29, 0.717) is 18.8 Å². The first-order valence-electron chi connectivity index (χ1n) is 10.8. The summed E-state index contributed by atoms with van der Waals surface area (Å²) in [6, 6.07) is 6.83. The lowest BCUT2D eigenvalue weighted by atomic mass is 9.98. The van der Waals surface area contributed by atoms with Gasteiger partial charge in [-0.1, -0.05) is 0 Å². The molecule has 2 aromatic rings. The fourth-order valence-electron chi connectivity index (χ4n) is 3.72. The van der Waals surface area contributed by atoms with Crippen LogP contribution in [0.4, 0.5) is 13.6 Å². The highest BCUT2D eigenvalue weighted by Gasteiger charge is 2.28. The Bertz CT molecular complexity index is 960. The number of hydrogen-bond acceptors (Lipinski definition) is 6. The quantitative estimate of drug-likeness (QED) is 0.500. The number of carbonyl (C=O) groups is 1. The van der Waals surface area contributed by atoms with Crippen molar-refractivity contribution in [2.24, 2.45) is 0 Å². The fraction of sp³-hybridized carbons (Fsp3) is 0.458. The number of rotatable bonds is 7. The van der Waals surface area contributed by atoms with E-state index in [1.165, 1.54) is 6.07 Å². The van der Waals surface area contributed by atoms with Gasteiger partial charge in [-0.2, -0.15) is 0 Å². The van der Waals surface area contributed by atoms with E-state index in [9.17, 15) is 23.8 Å². The standard InChI is InChI=1S/C24H30F2N2O5/c1-24(2,3)33-23(31)28-20(10-14-8-15(25)11-16(26)9-14)21(30)13-27-19-6-7-32-22-5-4-17(29)12-18(19)22/h4-5,8-9,11-12,19-21,27,29-30H,6-7,10,13H2,1-3H3,(H,28,31)/t19-,20-,21+/m0/s1. The van der Waals surface area contributed by atoms with Gasteiger partial charge in [0.05, 0.1) is 18.8 Å². The molecule has 4 N–H and O–H groups in total. The second-order valence-corrected chi connectivity index (χ2v) is 9.12. The number of nitrogens with one attached hydrogen (secondary N) is 2. The molecule has 0 aliphatic carbocycles. The molecule has 0 radical (unpaired) electrons. The average Bonchev–Trinajstić information content (AvgIpc) is 2.69. The van der Waals surface area contributed by atoms with Gasteiger partial charge in [-0.25, -0.2) is 13.6 Å². The number of phenols is 1. The van der Waals surface area contributed by atoms with E-state index in [2.05, 4.69) is 10.6 Å². The topological polar surface area (TPSA) is 100 Å². The molecule has 1 amide bonds. The van der Waals surface area contributed by atoms with Crippen LogP contribution in [0.5, 0.6) is 11.5 Å². The number of aliphatic hydroxyl groups is 1. The Hall–Kier alpha value is -2.91. The van der Waals surface area contributed by atoms with Gasteiger partial charge < -0.3 is 30.3 Å². The molecule has 2 aromatic carbocycles. The lowest BCUT2D eigenvalue weighted by Crippen LogP contribution is -2.50. The highest BCUT2D eigenvalue weighted by atomic mass is 19.1. The Labute approximate surface area is 191 Å². The van der Waals surface area contributed by atoms with Crippen LogP contribution in [0.3, 0.4) is 0 Å². The molecule has 0 aromatic heterocycles. The van der Waals surface area contributed by atoms with E-state index >= 15 is 0 Å². The number of phenolic OH excluding ortho intramolecular Hbond substituents is 1. The average molecular weight is 465 g/mol. The number of halogens is 2. The normalized spacial score (nSPS) is 17.5. The van der Waals surface area contributed by atoms with Crippen LogP contribution < -0.4 is 15.4 Å². The van der Waals surface area contributed by atoms with Crippen LogP contribution in [0.2, 0.25) is 0 Å². The van der Waals surface area contributed by atoms with Crippen LogP contribution in [0.15, 0.2) is 36.4 Å². The third kappa shape index (κ3) is 7.30. The molecule has 9 heteroatoms. The molecule has 0 bridgehead atoms. The largest absolute Gasteiger partial charge is 0.508 e. The first-order chi connectivity index (χ1) is 15.5. The number of alkyl carbamates (subject to hydrolysis) is 1. The highest BCUT2D eigenvalue weighted by Crippen LogP contribution is 2.34. The number of benzene rings is 2. The Morgan fingerprint density at radius 1 is 1.21 bits per heavy atom. The fourth-order valence-corrected chi connectivity index (χ4v) is 3.72. The van der Waals surface area contributed by atoms with Gasteiger partial charge in [0.15, 0.2) is 0 Å². The molecular weight excluding hydrogens is 434 g/mol. The first-order valence-corrected chi connectivity index (χ1v) is 10.8. The summed E-state index contributed by atoms with van der Waals surface area (Å²) in [5, 5.41) is 26.6. The zero-order valence-corrected chi connectivity index (χ0v) is 18.9. The molecular formula is C24H30F2N2O5. The molecule has 3 atom stereocenters. The third-order valence-corrected chi connectivity index (χ3v) is 5.15. The van der Waals surface area contributed by atoms with Crippen molar-refractivity contribution in [3.63, 3.8) is 0 Å². The van der Waals surface area contributed by atoms with E-state index in [-0.39, 0.29) is 30.3 Å². The van der Waals surface area contributed by atoms with E-state index < -0.39 is 35.5 Å². The van der Waals surface area contributed by atoms with Crippen molar-refractivity contribution in [3.05, 3.63) is 59.2 Å². The molecule has 180 valence electrons. The van der Waals surface area contributed by atoms with Crippen molar-refractivity contribution in [2.75, 3.05) is 13.2 Å². The van der Waals surface area contributed by atoms with Gasteiger partial charge in [0, 0.05) is 30.6 Å². The first kappa shape index (κ1) is 24.7. The zero-order chi connectivity index (χ0) is 24.2. The van der Waals surface area contributed by atoms with Gasteiger partial charge in [-0.05, 0) is 63.1 Å². The number of ether oxygens (including phenoxy) is 2. The van der Waals surface area contributed by atoms with Gasteiger partial charge in [-0.3, -0.25) is 0 Å². The zero-order valence-electron chi connectivity index (χ0n) is 18.9. The van der Waals surface area contributed by atoms with Crippen LogP contribution in [0.25, 0.3) is 0 Å². The van der Waals surface area contributed by atoms with E-state index in [1.54, 1.807) is 32.9 Å². The summed E-state index contributed by atoms with van der Waals surface area (Å²) in [4.78, 5) is 12.3. The van der Waals surface area contributed by atoms with Crippen molar-refractivity contribution in [1.82, 2.24) is 10.6 Å². The van der Waals surface area contributed by atoms with Crippen LogP contribution in [0, 0.1) is 11.6 Å². The summed E-state index contributed by atoms with van der Waals surface area (Å²) in [5.74, 6) is -0.742. The Morgan fingerprint density at radius 3 is 2.58 bits per heavy atom. The number of hydrogen-bond donors (Lipinski definition) is 4. The number of amides is 1. The van der Waals surface area contributed by atoms with Gasteiger partial charge in [0.2, 0.25) is 0 Å². The molecule has 0 fully saturated rings. The molecule has 0 unspecified atom stereocenters. The third-order valence-electron chi connectivity index (χ3n) is 5.15. The van der Waals surface area contributed by atoms with Crippen molar-refractivity contribution in [2.45, 2.75) is 57.4 Å². The van der Waals surface area contributed by atoms with Crippen LogP contribution in [-0.2, 0) is 11.2 Å².